The molecule has 1 aliphatic rings. The third-order valence-corrected chi connectivity index (χ3v) is 4.94. The molecule has 1 aliphatic heterocycles. The summed E-state index contributed by atoms with van der Waals surface area (Å²) >= 11 is 1.72. The van der Waals surface area contributed by atoms with Crippen molar-refractivity contribution in [2.75, 3.05) is 6.54 Å². The highest BCUT2D eigenvalue weighted by atomic mass is 32.1. The maximum Gasteiger partial charge on any atom is 0.320 e. The summed E-state index contributed by atoms with van der Waals surface area (Å²) < 4.78 is 0. The molecule has 0 spiro atoms. The smallest absolute Gasteiger partial charge is 0.320 e. The van der Waals surface area contributed by atoms with E-state index in [4.69, 9.17) is 0 Å². The highest BCUT2D eigenvalue weighted by molar-refractivity contribution is 7.10. The second-order valence-electron chi connectivity index (χ2n) is 5.49. The van der Waals surface area contributed by atoms with E-state index in [-0.39, 0.29) is 6.04 Å². The average molecular weight is 301 g/mol. The van der Waals surface area contributed by atoms with E-state index in [1.54, 1.807) is 11.3 Å². The Bertz CT molecular complexity index is 608. The summed E-state index contributed by atoms with van der Waals surface area (Å²) in [4.78, 5) is 14.7. The van der Waals surface area contributed by atoms with Crippen LogP contribution in [-0.4, -0.2) is 28.6 Å². The summed E-state index contributed by atoms with van der Waals surface area (Å²) in [6.45, 7) is 1.63. The first-order chi connectivity index (χ1) is 10.2. The van der Waals surface area contributed by atoms with E-state index in [1.165, 1.54) is 16.0 Å². The number of nitrogens with zero attached hydrogens (tertiary/aromatic N) is 1. The molecule has 3 nitrogen and oxygen atoms in total. The normalized spacial score (nSPS) is 19.5. The molecule has 0 bridgehead atoms. The van der Waals surface area contributed by atoms with Crippen molar-refractivity contribution >= 4 is 17.3 Å². The number of carboxylic acids is 1. The van der Waals surface area contributed by atoms with Gasteiger partial charge in [0.05, 0.1) is 0 Å². The minimum atomic E-state index is -0.686. The summed E-state index contributed by atoms with van der Waals surface area (Å²) in [5, 5.41) is 11.5. The Morgan fingerprint density at radius 2 is 2.05 bits per heavy atom. The molecule has 1 N–H and O–H groups in total. The van der Waals surface area contributed by atoms with Gasteiger partial charge >= 0.3 is 5.97 Å². The lowest BCUT2D eigenvalue weighted by molar-refractivity contribution is -0.144. The molecule has 3 rings (SSSR count). The first-order valence-corrected chi connectivity index (χ1v) is 8.22. The van der Waals surface area contributed by atoms with Crippen molar-refractivity contribution < 1.29 is 9.90 Å². The second kappa shape index (κ2) is 6.41. The monoisotopic (exact) mass is 301 g/mol. The van der Waals surface area contributed by atoms with Crippen LogP contribution in [-0.2, 0) is 11.3 Å². The zero-order valence-electron chi connectivity index (χ0n) is 11.9. The molecule has 0 radical (unpaired) electrons. The van der Waals surface area contributed by atoms with Gasteiger partial charge in [-0.2, -0.15) is 0 Å². The minimum absolute atomic E-state index is 0.318. The van der Waals surface area contributed by atoms with E-state index in [0.717, 1.165) is 32.4 Å². The van der Waals surface area contributed by atoms with Crippen LogP contribution in [0.4, 0.5) is 0 Å². The van der Waals surface area contributed by atoms with Gasteiger partial charge in [0.2, 0.25) is 0 Å². The van der Waals surface area contributed by atoms with Crippen LogP contribution in [0.15, 0.2) is 41.8 Å². The number of aliphatic carboxylic acids is 1. The van der Waals surface area contributed by atoms with E-state index in [2.05, 4.69) is 28.5 Å². The van der Waals surface area contributed by atoms with E-state index >= 15 is 0 Å². The summed E-state index contributed by atoms with van der Waals surface area (Å²) in [7, 11) is 0. The van der Waals surface area contributed by atoms with Gasteiger partial charge in [0.15, 0.2) is 0 Å². The predicted octanol–water partition coefficient (Wildman–Crippen LogP) is 3.85. The first-order valence-electron chi connectivity index (χ1n) is 7.34. The van der Waals surface area contributed by atoms with Crippen LogP contribution in [0.1, 0.15) is 24.1 Å². The van der Waals surface area contributed by atoms with Gasteiger partial charge in [-0.15, -0.1) is 11.3 Å². The number of carbonyl (C=O) groups is 1. The molecule has 21 heavy (non-hydrogen) atoms. The maximum atomic E-state index is 11.3. The van der Waals surface area contributed by atoms with E-state index in [0.29, 0.717) is 0 Å². The van der Waals surface area contributed by atoms with Crippen LogP contribution >= 0.6 is 11.3 Å². The van der Waals surface area contributed by atoms with Crippen LogP contribution in [0, 0.1) is 0 Å². The fraction of sp³-hybridized carbons (Fsp3) is 0.353. The molecule has 1 aromatic carbocycles. The van der Waals surface area contributed by atoms with Crippen molar-refractivity contribution in [3.05, 3.63) is 46.7 Å². The van der Waals surface area contributed by atoms with Crippen molar-refractivity contribution in [3.63, 3.8) is 0 Å². The Hall–Kier alpha value is -1.65. The van der Waals surface area contributed by atoms with E-state index in [1.807, 2.05) is 18.2 Å². The molecule has 1 fully saturated rings. The fourth-order valence-electron chi connectivity index (χ4n) is 2.91. The van der Waals surface area contributed by atoms with Crippen molar-refractivity contribution in [2.24, 2.45) is 0 Å². The van der Waals surface area contributed by atoms with Gasteiger partial charge in [-0.25, -0.2) is 0 Å². The molecule has 1 aromatic heterocycles. The summed E-state index contributed by atoms with van der Waals surface area (Å²) in [6.07, 6.45) is 2.89. The highest BCUT2D eigenvalue weighted by Crippen LogP contribution is 2.28. The molecule has 0 saturated carbocycles. The third-order valence-electron chi connectivity index (χ3n) is 4.02. The lowest BCUT2D eigenvalue weighted by atomic mass is 10.0. The highest BCUT2D eigenvalue weighted by Gasteiger charge is 2.28. The summed E-state index contributed by atoms with van der Waals surface area (Å²) in [5.41, 5.74) is 2.44. The van der Waals surface area contributed by atoms with E-state index in [9.17, 15) is 9.90 Å². The Balaban J connectivity index is 1.73. The molecule has 0 amide bonds. The Labute approximate surface area is 128 Å². The zero-order chi connectivity index (χ0) is 14.7. The molecule has 1 atom stereocenters. The number of carboxylic acid groups (broad SMARTS) is 1. The van der Waals surface area contributed by atoms with E-state index < -0.39 is 5.97 Å². The molecule has 0 aliphatic carbocycles. The van der Waals surface area contributed by atoms with Crippen LogP contribution in [0.5, 0.6) is 0 Å². The number of thiophene rings is 1. The summed E-state index contributed by atoms with van der Waals surface area (Å²) in [5.74, 6) is -0.686. The largest absolute Gasteiger partial charge is 0.480 e. The van der Waals surface area contributed by atoms with Gasteiger partial charge in [-0.1, -0.05) is 36.8 Å². The molecule has 1 saturated heterocycles. The quantitative estimate of drug-likeness (QED) is 0.932. The van der Waals surface area contributed by atoms with Crippen LogP contribution in [0.2, 0.25) is 0 Å². The number of likely N-dealkylation sites (tertiary alicyclic amines) is 1. The molecule has 4 heteroatoms. The predicted molar refractivity (Wildman–Crippen MR) is 85.4 cm³/mol. The van der Waals surface area contributed by atoms with Crippen LogP contribution in [0.25, 0.3) is 11.1 Å². The van der Waals surface area contributed by atoms with Crippen molar-refractivity contribution in [3.8, 4) is 11.1 Å². The Morgan fingerprint density at radius 1 is 1.24 bits per heavy atom. The van der Waals surface area contributed by atoms with Gasteiger partial charge in [0.25, 0.3) is 0 Å². The van der Waals surface area contributed by atoms with Gasteiger partial charge in [0, 0.05) is 11.4 Å². The summed E-state index contributed by atoms with van der Waals surface area (Å²) in [6, 6.07) is 12.2. The van der Waals surface area contributed by atoms with Crippen molar-refractivity contribution in [2.45, 2.75) is 31.8 Å². The average Bonchev–Trinajstić information content (AvgIpc) is 2.97. The van der Waals surface area contributed by atoms with Gasteiger partial charge in [-0.05, 0) is 42.0 Å². The fourth-order valence-corrected chi connectivity index (χ4v) is 3.82. The Kier molecular flexibility index (Phi) is 4.36. The lowest BCUT2D eigenvalue weighted by Gasteiger charge is -2.32. The number of benzene rings is 1. The van der Waals surface area contributed by atoms with Crippen molar-refractivity contribution in [1.29, 1.82) is 0 Å². The first kappa shape index (κ1) is 14.3. The number of piperidine rings is 1. The molecular weight excluding hydrogens is 282 g/mol. The molecular formula is C17H19NO2S. The SMILES string of the molecule is O=C(O)C1CCCCN1Cc1cc(-c2ccccc2)cs1. The van der Waals surface area contributed by atoms with Gasteiger partial charge in [0.1, 0.15) is 6.04 Å². The third kappa shape index (κ3) is 3.34. The number of hydrogen-bond acceptors (Lipinski definition) is 3. The second-order valence-corrected chi connectivity index (χ2v) is 6.48. The number of rotatable bonds is 4. The lowest BCUT2D eigenvalue weighted by Crippen LogP contribution is -2.43. The minimum Gasteiger partial charge on any atom is -0.480 e. The van der Waals surface area contributed by atoms with Gasteiger partial charge in [-0.3, -0.25) is 9.69 Å². The van der Waals surface area contributed by atoms with Crippen LogP contribution < -0.4 is 0 Å². The molecule has 2 aromatic rings. The topological polar surface area (TPSA) is 40.5 Å². The number of hydrogen-bond donors (Lipinski definition) is 1. The Morgan fingerprint density at radius 3 is 2.81 bits per heavy atom. The molecule has 1 unspecified atom stereocenters. The zero-order valence-corrected chi connectivity index (χ0v) is 12.7. The van der Waals surface area contributed by atoms with Gasteiger partial charge < -0.3 is 5.11 Å². The maximum absolute atomic E-state index is 11.3. The molecule has 110 valence electrons. The standard InChI is InChI=1S/C17H19NO2S/c19-17(20)16-8-4-5-9-18(16)11-15-10-14(12-21-15)13-6-2-1-3-7-13/h1-3,6-7,10,12,16H,4-5,8-9,11H2,(H,19,20). The molecule has 2 heterocycles. The van der Waals surface area contributed by atoms with Crippen LogP contribution in [0.3, 0.4) is 0 Å². The van der Waals surface area contributed by atoms with Crippen molar-refractivity contribution in [1.82, 2.24) is 4.90 Å².